The van der Waals surface area contributed by atoms with Crippen LogP contribution in [0.1, 0.15) is 0 Å². The van der Waals surface area contributed by atoms with Gasteiger partial charge in [-0.25, -0.2) is 9.37 Å². The Balaban J connectivity index is 2.33. The molecule has 0 saturated heterocycles. The second kappa shape index (κ2) is 5.25. The topological polar surface area (TPSA) is 45.8 Å². The molecule has 3 nitrogen and oxygen atoms in total. The average molecular weight is 445 g/mol. The zero-order chi connectivity index (χ0) is 14.3. The lowest BCUT2D eigenvalue weighted by Gasteiger charge is -2.07. The number of benzene rings is 2. The Bertz CT molecular complexity index is 879. The van der Waals surface area contributed by atoms with Crippen molar-refractivity contribution in [2.45, 2.75) is 0 Å². The maximum atomic E-state index is 13.6. The van der Waals surface area contributed by atoms with E-state index in [9.17, 15) is 9.18 Å². The summed E-state index contributed by atoms with van der Waals surface area (Å²) in [4.78, 5) is 19.1. The fourth-order valence-electron chi connectivity index (χ4n) is 1.94. The van der Waals surface area contributed by atoms with E-state index >= 15 is 0 Å². The van der Waals surface area contributed by atoms with Gasteiger partial charge < -0.3 is 4.98 Å². The van der Waals surface area contributed by atoms with Crippen LogP contribution in [0.15, 0.2) is 45.7 Å². The molecule has 0 unspecified atom stereocenters. The molecule has 100 valence electrons. The van der Waals surface area contributed by atoms with Gasteiger partial charge in [-0.05, 0) is 62.8 Å². The number of nitrogens with zero attached hydrogens (tertiary/aromatic N) is 1. The van der Waals surface area contributed by atoms with Gasteiger partial charge in [0.05, 0.1) is 10.9 Å². The Kier molecular flexibility index (Phi) is 3.59. The van der Waals surface area contributed by atoms with Crippen molar-refractivity contribution in [1.29, 1.82) is 0 Å². The predicted molar refractivity (Wildman–Crippen MR) is 88.2 cm³/mol. The van der Waals surface area contributed by atoms with Crippen LogP contribution >= 0.6 is 38.5 Å². The smallest absolute Gasteiger partial charge is 0.259 e. The third kappa shape index (κ3) is 2.37. The number of aromatic nitrogens is 2. The SMILES string of the molecule is O=c1[nH]c(-c2cc(F)cc(I)c2Br)nc2ccccc12. The molecule has 1 heterocycles. The highest BCUT2D eigenvalue weighted by atomic mass is 127. The molecule has 3 aromatic rings. The summed E-state index contributed by atoms with van der Waals surface area (Å²) in [7, 11) is 0. The van der Waals surface area contributed by atoms with Gasteiger partial charge in [0.25, 0.3) is 5.56 Å². The molecular formula is C14H7BrFIN2O. The highest BCUT2D eigenvalue weighted by Gasteiger charge is 2.12. The minimum atomic E-state index is -0.372. The first-order valence-electron chi connectivity index (χ1n) is 5.70. The third-order valence-electron chi connectivity index (χ3n) is 2.86. The Labute approximate surface area is 135 Å². The van der Waals surface area contributed by atoms with Crippen molar-refractivity contribution in [1.82, 2.24) is 9.97 Å². The van der Waals surface area contributed by atoms with E-state index in [0.717, 1.165) is 0 Å². The number of hydrogen-bond donors (Lipinski definition) is 1. The first kappa shape index (κ1) is 13.7. The maximum absolute atomic E-state index is 13.6. The Morgan fingerprint density at radius 3 is 2.80 bits per heavy atom. The molecule has 6 heteroatoms. The van der Waals surface area contributed by atoms with Crippen molar-refractivity contribution in [3.63, 3.8) is 0 Å². The molecule has 0 spiro atoms. The van der Waals surface area contributed by atoms with E-state index in [0.29, 0.717) is 30.3 Å². The van der Waals surface area contributed by atoms with E-state index in [1.807, 2.05) is 28.7 Å². The normalized spacial score (nSPS) is 10.9. The fraction of sp³-hybridized carbons (Fsp3) is 0. The van der Waals surface area contributed by atoms with E-state index in [1.165, 1.54) is 12.1 Å². The number of fused-ring (bicyclic) bond motifs is 1. The zero-order valence-corrected chi connectivity index (χ0v) is 13.7. The van der Waals surface area contributed by atoms with Crippen LogP contribution in [-0.2, 0) is 0 Å². The molecule has 2 aromatic carbocycles. The molecule has 0 aliphatic carbocycles. The minimum Gasteiger partial charge on any atom is -0.306 e. The first-order chi connectivity index (χ1) is 9.56. The Morgan fingerprint density at radius 2 is 2.00 bits per heavy atom. The molecule has 0 saturated carbocycles. The van der Waals surface area contributed by atoms with Crippen molar-refractivity contribution in [3.8, 4) is 11.4 Å². The summed E-state index contributed by atoms with van der Waals surface area (Å²) in [5.41, 5.74) is 0.867. The van der Waals surface area contributed by atoms with Gasteiger partial charge >= 0.3 is 0 Å². The monoisotopic (exact) mass is 444 g/mol. The standard InChI is InChI=1S/C14H7BrFIN2O/c15-12-9(5-7(16)6-10(12)17)13-18-11-4-2-1-3-8(11)14(20)19-13/h1-6H,(H,18,19,20). The lowest BCUT2D eigenvalue weighted by Crippen LogP contribution is -2.09. The van der Waals surface area contributed by atoms with Crippen molar-refractivity contribution in [2.75, 3.05) is 0 Å². The van der Waals surface area contributed by atoms with E-state index < -0.39 is 0 Å². The van der Waals surface area contributed by atoms with E-state index in [2.05, 4.69) is 25.9 Å². The fourth-order valence-corrected chi connectivity index (χ4v) is 2.95. The van der Waals surface area contributed by atoms with Crippen LogP contribution in [-0.4, -0.2) is 9.97 Å². The summed E-state index contributed by atoms with van der Waals surface area (Å²) in [5.74, 6) is -0.0265. The molecular weight excluding hydrogens is 438 g/mol. The van der Waals surface area contributed by atoms with Gasteiger partial charge in [-0.15, -0.1) is 0 Å². The van der Waals surface area contributed by atoms with Crippen molar-refractivity contribution in [3.05, 3.63) is 60.6 Å². The summed E-state index contributed by atoms with van der Waals surface area (Å²) < 4.78 is 15.0. The van der Waals surface area contributed by atoms with Crippen molar-refractivity contribution in [2.24, 2.45) is 0 Å². The number of nitrogens with one attached hydrogen (secondary N) is 1. The van der Waals surface area contributed by atoms with Crippen molar-refractivity contribution < 1.29 is 4.39 Å². The quantitative estimate of drug-likeness (QED) is 0.453. The highest BCUT2D eigenvalue weighted by molar-refractivity contribution is 14.1. The molecule has 3 rings (SSSR count). The molecule has 0 atom stereocenters. The number of para-hydroxylation sites is 1. The van der Waals surface area contributed by atoms with Gasteiger partial charge in [-0.3, -0.25) is 4.79 Å². The second-order valence-electron chi connectivity index (χ2n) is 4.18. The molecule has 0 aliphatic rings. The predicted octanol–water partition coefficient (Wildman–Crippen LogP) is 4.10. The number of halogens is 3. The Morgan fingerprint density at radius 1 is 1.25 bits per heavy atom. The highest BCUT2D eigenvalue weighted by Crippen LogP contribution is 2.31. The van der Waals surface area contributed by atoms with Crippen LogP contribution in [0.3, 0.4) is 0 Å². The van der Waals surface area contributed by atoms with Gasteiger partial charge in [-0.1, -0.05) is 12.1 Å². The molecule has 0 fully saturated rings. The summed E-state index contributed by atoms with van der Waals surface area (Å²) in [5, 5.41) is 0.512. The molecule has 0 amide bonds. The molecule has 1 aromatic heterocycles. The van der Waals surface area contributed by atoms with Crippen LogP contribution in [0.5, 0.6) is 0 Å². The van der Waals surface area contributed by atoms with Crippen LogP contribution in [0, 0.1) is 9.39 Å². The van der Waals surface area contributed by atoms with Gasteiger partial charge in [-0.2, -0.15) is 0 Å². The van der Waals surface area contributed by atoms with Crippen LogP contribution < -0.4 is 5.56 Å². The van der Waals surface area contributed by atoms with Crippen LogP contribution in [0.25, 0.3) is 22.3 Å². The third-order valence-corrected chi connectivity index (χ3v) is 5.31. The summed E-state index contributed by atoms with van der Waals surface area (Å²) >= 11 is 5.43. The minimum absolute atomic E-state index is 0.239. The molecule has 0 bridgehead atoms. The largest absolute Gasteiger partial charge is 0.306 e. The summed E-state index contributed by atoms with van der Waals surface area (Å²) in [6, 6.07) is 9.80. The zero-order valence-electron chi connectivity index (χ0n) is 9.95. The second-order valence-corrected chi connectivity index (χ2v) is 6.14. The summed E-state index contributed by atoms with van der Waals surface area (Å²) in [6.07, 6.45) is 0. The van der Waals surface area contributed by atoms with Gasteiger partial charge in [0, 0.05) is 13.6 Å². The van der Waals surface area contributed by atoms with E-state index in [1.54, 1.807) is 18.2 Å². The average Bonchev–Trinajstić information content (AvgIpc) is 2.43. The summed E-state index contributed by atoms with van der Waals surface area (Å²) in [6.45, 7) is 0. The Hall–Kier alpha value is -1.28. The van der Waals surface area contributed by atoms with Gasteiger partial charge in [0.2, 0.25) is 0 Å². The van der Waals surface area contributed by atoms with Crippen LogP contribution in [0.4, 0.5) is 4.39 Å². The molecule has 1 N–H and O–H groups in total. The number of hydrogen-bond acceptors (Lipinski definition) is 2. The molecule has 0 aliphatic heterocycles. The lowest BCUT2D eigenvalue weighted by atomic mass is 10.2. The number of aromatic amines is 1. The van der Waals surface area contributed by atoms with E-state index in [-0.39, 0.29) is 11.4 Å². The first-order valence-corrected chi connectivity index (χ1v) is 7.57. The maximum Gasteiger partial charge on any atom is 0.259 e. The van der Waals surface area contributed by atoms with E-state index in [4.69, 9.17) is 0 Å². The van der Waals surface area contributed by atoms with Crippen LogP contribution in [0.2, 0.25) is 0 Å². The number of H-pyrrole nitrogens is 1. The van der Waals surface area contributed by atoms with Crippen molar-refractivity contribution >= 4 is 49.4 Å². The molecule has 20 heavy (non-hydrogen) atoms. The van der Waals surface area contributed by atoms with Gasteiger partial charge in [0.15, 0.2) is 0 Å². The molecule has 0 radical (unpaired) electrons. The lowest BCUT2D eigenvalue weighted by molar-refractivity contribution is 0.627. The number of rotatable bonds is 1. The van der Waals surface area contributed by atoms with Gasteiger partial charge in [0.1, 0.15) is 11.6 Å².